The fraction of sp³-hybridized carbons (Fsp3) is 0. The number of carbonyl (C=O) groups is 2. The van der Waals surface area contributed by atoms with Crippen LogP contribution in [0.4, 0.5) is 9.59 Å². The molecule has 0 unspecified atom stereocenters. The van der Waals surface area contributed by atoms with Gasteiger partial charge in [0.2, 0.25) is 0 Å². The van der Waals surface area contributed by atoms with E-state index in [-0.39, 0.29) is 18.9 Å². The van der Waals surface area contributed by atoms with Crippen molar-refractivity contribution < 1.29 is 53.0 Å². The minimum Gasteiger partial charge on any atom is -0.808 e. The molecule has 9 heteroatoms. The molecule has 0 atom stereocenters. The van der Waals surface area contributed by atoms with Crippen LogP contribution in [0.5, 0.6) is 0 Å². The summed E-state index contributed by atoms with van der Waals surface area (Å²) in [5.41, 5.74) is 0. The van der Waals surface area contributed by atoms with Gasteiger partial charge in [0.05, 0.1) is 0 Å². The van der Waals surface area contributed by atoms with Gasteiger partial charge >= 0.3 is 38.5 Å². The molecule has 0 aliphatic rings. The molecule has 11 heavy (non-hydrogen) atoms. The van der Waals surface area contributed by atoms with E-state index in [9.17, 15) is 14.6 Å². The van der Waals surface area contributed by atoms with Gasteiger partial charge in [-0.1, -0.05) is 0 Å². The smallest absolute Gasteiger partial charge is 0.808 e. The molecule has 7 nitrogen and oxygen atoms in total. The number of hydrogen-bond donors (Lipinski definition) is 2. The van der Waals surface area contributed by atoms with Crippen molar-refractivity contribution in [3.8, 4) is 0 Å². The van der Waals surface area contributed by atoms with E-state index in [1.54, 1.807) is 0 Å². The molecule has 0 aromatic carbocycles. The fourth-order valence-electron chi connectivity index (χ4n) is 0.189. The van der Waals surface area contributed by atoms with Gasteiger partial charge in [-0.3, -0.25) is 0 Å². The first-order valence-electron chi connectivity index (χ1n) is 1.97. The van der Waals surface area contributed by atoms with Crippen LogP contribution >= 0.6 is 0 Å². The van der Waals surface area contributed by atoms with Crippen molar-refractivity contribution in [1.29, 1.82) is 0 Å². The summed E-state index contributed by atoms with van der Waals surface area (Å²) in [4.78, 5) is 19.0. The minimum atomic E-state index is -2.53. The van der Waals surface area contributed by atoms with Gasteiger partial charge in [0.15, 0.2) is 0 Å². The maximum atomic E-state index is 9.94. The molecular formula is C2H2BLiO7. The molecule has 0 spiro atoms. The maximum absolute atomic E-state index is 9.94. The Balaban J connectivity index is 0. The molecule has 2 N–H and O–H groups in total. The van der Waals surface area contributed by atoms with Gasteiger partial charge in [-0.25, -0.2) is 9.59 Å². The van der Waals surface area contributed by atoms with Crippen molar-refractivity contribution in [2.75, 3.05) is 0 Å². The predicted octanol–water partition coefficient (Wildman–Crippen LogP) is -4.28. The Bertz CT molecular complexity index is 131. The van der Waals surface area contributed by atoms with E-state index in [1.165, 1.54) is 0 Å². The van der Waals surface area contributed by atoms with E-state index in [1.807, 2.05) is 0 Å². The SMILES string of the molecule is O=C(O)OB([O-])OC(=O)O.[Li+]. The van der Waals surface area contributed by atoms with E-state index < -0.39 is 19.6 Å². The van der Waals surface area contributed by atoms with E-state index >= 15 is 0 Å². The van der Waals surface area contributed by atoms with Crippen molar-refractivity contribution in [1.82, 2.24) is 0 Å². The van der Waals surface area contributed by atoms with Gasteiger partial charge in [-0.15, -0.1) is 0 Å². The molecule has 0 saturated carbocycles. The zero-order valence-electron chi connectivity index (χ0n) is 5.51. The zero-order valence-corrected chi connectivity index (χ0v) is 5.51. The van der Waals surface area contributed by atoms with Crippen molar-refractivity contribution in [3.63, 3.8) is 0 Å². The first-order chi connectivity index (χ1) is 4.52. The van der Waals surface area contributed by atoms with Crippen LogP contribution in [0, 0.1) is 0 Å². The summed E-state index contributed by atoms with van der Waals surface area (Å²) >= 11 is 0. The molecule has 0 rings (SSSR count). The number of hydrogen-bond acceptors (Lipinski definition) is 5. The van der Waals surface area contributed by atoms with Crippen LogP contribution in [0.2, 0.25) is 0 Å². The van der Waals surface area contributed by atoms with Gasteiger partial charge in [-0.05, 0) is 0 Å². The molecule has 0 amide bonds. The number of rotatable bonds is 2. The third kappa shape index (κ3) is 9.16. The van der Waals surface area contributed by atoms with E-state index in [0.29, 0.717) is 0 Å². The topological polar surface area (TPSA) is 116 Å². The molecule has 0 bridgehead atoms. The standard InChI is InChI=1S/C2H2BO7.Li/c4-1(5)9-3(8)10-2(6)7;/h(H,4,5)(H,6,7);/q-1;+1. The average Bonchev–Trinajstić information content (AvgIpc) is 1.58. The Hall–Kier alpha value is -0.838. The van der Waals surface area contributed by atoms with Gasteiger partial charge < -0.3 is 24.5 Å². The second-order valence-electron chi connectivity index (χ2n) is 1.06. The second kappa shape index (κ2) is 5.91. The third-order valence-corrected chi connectivity index (χ3v) is 0.394. The molecule has 0 aliphatic carbocycles. The summed E-state index contributed by atoms with van der Waals surface area (Å²) in [5.74, 6) is 0. The van der Waals surface area contributed by atoms with E-state index in [2.05, 4.69) is 9.31 Å². The van der Waals surface area contributed by atoms with Crippen LogP contribution < -0.4 is 23.9 Å². The quantitative estimate of drug-likeness (QED) is 0.388. The van der Waals surface area contributed by atoms with Crippen LogP contribution in [0.25, 0.3) is 0 Å². The van der Waals surface area contributed by atoms with Crippen LogP contribution in [0.15, 0.2) is 0 Å². The molecule has 0 fully saturated rings. The summed E-state index contributed by atoms with van der Waals surface area (Å²) in [5, 5.41) is 25.3. The summed E-state index contributed by atoms with van der Waals surface area (Å²) in [6, 6.07) is 0. The normalized spacial score (nSPS) is 7.36. The molecule has 0 aliphatic heterocycles. The predicted molar refractivity (Wildman–Crippen MR) is 24.0 cm³/mol. The molecule has 0 aromatic heterocycles. The van der Waals surface area contributed by atoms with Crippen molar-refractivity contribution in [3.05, 3.63) is 0 Å². The van der Waals surface area contributed by atoms with Gasteiger partial charge in [-0.2, -0.15) is 0 Å². The van der Waals surface area contributed by atoms with Crippen LogP contribution in [-0.4, -0.2) is 29.8 Å². The van der Waals surface area contributed by atoms with Gasteiger partial charge in [0, 0.05) is 0 Å². The minimum absolute atomic E-state index is 0. The summed E-state index contributed by atoms with van der Waals surface area (Å²) in [7, 11) is -2.53. The Morgan fingerprint density at radius 1 is 1.18 bits per heavy atom. The average molecular weight is 156 g/mol. The Labute approximate surface area is 73.3 Å². The first-order valence-corrected chi connectivity index (χ1v) is 1.97. The molecular weight excluding hydrogens is 154 g/mol. The van der Waals surface area contributed by atoms with Crippen LogP contribution in [0.1, 0.15) is 0 Å². The summed E-state index contributed by atoms with van der Waals surface area (Å²) in [6.45, 7) is 0. The van der Waals surface area contributed by atoms with Crippen LogP contribution in [0.3, 0.4) is 0 Å². The zero-order chi connectivity index (χ0) is 8.15. The Kier molecular flexibility index (Phi) is 6.88. The van der Waals surface area contributed by atoms with E-state index in [4.69, 9.17) is 10.2 Å². The maximum Gasteiger partial charge on any atom is 1.00 e. The third-order valence-electron chi connectivity index (χ3n) is 0.394. The first kappa shape index (κ1) is 12.8. The monoisotopic (exact) mass is 156 g/mol. The second-order valence-corrected chi connectivity index (χ2v) is 1.06. The largest absolute Gasteiger partial charge is 1.00 e. The molecule has 0 heterocycles. The summed E-state index contributed by atoms with van der Waals surface area (Å²) in [6.07, 6.45) is -3.78. The van der Waals surface area contributed by atoms with Crippen molar-refractivity contribution in [2.24, 2.45) is 0 Å². The molecule has 0 saturated heterocycles. The van der Waals surface area contributed by atoms with Gasteiger partial charge in [0.25, 0.3) is 0 Å². The fourth-order valence-corrected chi connectivity index (χ4v) is 0.189. The van der Waals surface area contributed by atoms with Crippen LogP contribution in [-0.2, 0) is 9.31 Å². The number of carboxylic acid groups (broad SMARTS) is 2. The van der Waals surface area contributed by atoms with E-state index in [0.717, 1.165) is 0 Å². The van der Waals surface area contributed by atoms with Crippen molar-refractivity contribution in [2.45, 2.75) is 0 Å². The Morgan fingerprint density at radius 2 is 1.45 bits per heavy atom. The van der Waals surface area contributed by atoms with Crippen molar-refractivity contribution >= 4 is 19.6 Å². The molecule has 0 aromatic rings. The summed E-state index contributed by atoms with van der Waals surface area (Å²) < 4.78 is 6.64. The van der Waals surface area contributed by atoms with Gasteiger partial charge in [0.1, 0.15) is 0 Å². The molecule has 56 valence electrons. The molecule has 0 radical (unpaired) electrons. The Morgan fingerprint density at radius 3 is 1.64 bits per heavy atom.